The van der Waals surface area contributed by atoms with E-state index in [9.17, 15) is 9.00 Å². The highest BCUT2D eigenvalue weighted by Gasteiger charge is 2.33. The molecule has 10 heteroatoms. The smallest absolute Gasteiger partial charge is 0.354 e. The van der Waals surface area contributed by atoms with Crippen molar-refractivity contribution in [3.05, 3.63) is 34.5 Å². The summed E-state index contributed by atoms with van der Waals surface area (Å²) >= 11 is 0. The van der Waals surface area contributed by atoms with Crippen LogP contribution in [0.4, 0.5) is 10.5 Å². The summed E-state index contributed by atoms with van der Waals surface area (Å²) in [6.45, 7) is 5.49. The molecular weight excluding hydrogens is 440 g/mol. The average molecular weight is 471 g/mol. The molecule has 6 rings (SSSR count). The number of nitrogens with zero attached hydrogens (tertiary/aromatic N) is 4. The Morgan fingerprint density at radius 1 is 1.27 bits per heavy atom. The first-order valence-corrected chi connectivity index (χ1v) is 13.4. The Balaban J connectivity index is 1.28. The van der Waals surface area contributed by atoms with E-state index in [4.69, 9.17) is 9.88 Å². The van der Waals surface area contributed by atoms with Crippen molar-refractivity contribution < 1.29 is 13.7 Å². The van der Waals surface area contributed by atoms with E-state index in [1.807, 2.05) is 0 Å². The van der Waals surface area contributed by atoms with Gasteiger partial charge < -0.3 is 10.1 Å². The van der Waals surface area contributed by atoms with Gasteiger partial charge in [0.1, 0.15) is 11.5 Å². The molecular formula is C23H30N6O3S. The zero-order valence-corrected chi connectivity index (χ0v) is 19.7. The third-order valence-electron chi connectivity index (χ3n) is 7.63. The number of urea groups is 1. The van der Waals surface area contributed by atoms with Crippen molar-refractivity contribution in [1.29, 1.82) is 0 Å². The molecule has 2 aromatic rings. The van der Waals surface area contributed by atoms with Gasteiger partial charge in [-0.1, -0.05) is 13.0 Å². The molecule has 0 spiro atoms. The highest BCUT2D eigenvalue weighted by molar-refractivity contribution is 7.91. The van der Waals surface area contributed by atoms with Crippen LogP contribution in [0.1, 0.15) is 54.4 Å². The number of nitrogens with two attached hydrogens (primary N) is 1. The normalized spacial score (nSPS) is 25.3. The Morgan fingerprint density at radius 2 is 2.12 bits per heavy atom. The van der Waals surface area contributed by atoms with Gasteiger partial charge in [0.2, 0.25) is 5.88 Å². The maximum atomic E-state index is 13.3. The third-order valence-corrected chi connectivity index (χ3v) is 8.98. The number of carbonyl (C=O) groups is 1. The van der Waals surface area contributed by atoms with Crippen LogP contribution in [0.2, 0.25) is 0 Å². The predicted octanol–water partition coefficient (Wildman–Crippen LogP) is 2.82. The van der Waals surface area contributed by atoms with Crippen LogP contribution < -0.4 is 15.2 Å². The molecule has 2 aliphatic carbocycles. The fourth-order valence-corrected chi connectivity index (χ4v) is 6.68. The average Bonchev–Trinajstić information content (AvgIpc) is 3.45. The van der Waals surface area contributed by atoms with Crippen LogP contribution in [-0.4, -0.2) is 50.7 Å². The number of anilines is 1. The Bertz CT molecular complexity index is 1260. The first kappa shape index (κ1) is 21.1. The van der Waals surface area contributed by atoms with Crippen molar-refractivity contribution in [1.82, 2.24) is 14.7 Å². The first-order valence-electron chi connectivity index (χ1n) is 11.9. The molecule has 3 atom stereocenters. The molecule has 4 aliphatic rings. The molecule has 2 aliphatic heterocycles. The van der Waals surface area contributed by atoms with Gasteiger partial charge in [0, 0.05) is 5.69 Å². The quantitative estimate of drug-likeness (QED) is 0.716. The molecule has 1 aromatic heterocycles. The molecule has 3 N–H and O–H groups in total. The Hall–Kier alpha value is -2.43. The van der Waals surface area contributed by atoms with E-state index < -0.39 is 15.9 Å². The highest BCUT2D eigenvalue weighted by Crippen LogP contribution is 2.43. The lowest BCUT2D eigenvalue weighted by Crippen LogP contribution is -2.51. The molecule has 3 heterocycles. The molecule has 176 valence electrons. The second-order valence-electron chi connectivity index (χ2n) is 9.69. The molecule has 0 saturated carbocycles. The summed E-state index contributed by atoms with van der Waals surface area (Å²) in [4.78, 5) is 15.5. The van der Waals surface area contributed by atoms with Crippen molar-refractivity contribution in [2.45, 2.75) is 68.8 Å². The van der Waals surface area contributed by atoms with E-state index in [0.717, 1.165) is 50.9 Å². The third kappa shape index (κ3) is 3.55. The van der Waals surface area contributed by atoms with E-state index >= 15 is 0 Å². The molecule has 1 fully saturated rings. The molecule has 3 unspecified atom stereocenters. The summed E-state index contributed by atoms with van der Waals surface area (Å²) in [5.74, 6) is 0.833. The lowest BCUT2D eigenvalue weighted by atomic mass is 9.96. The zero-order chi connectivity index (χ0) is 22.7. The molecule has 1 aromatic carbocycles. The SMILES string of the molecule is CC1CCc2c1cc1c(c2NC(=O)N=S(N)(=O)c2cnn3c2OCC(N2CCC2)C3)CCC1. The Kier molecular flexibility index (Phi) is 5.00. The monoisotopic (exact) mass is 470 g/mol. The number of fused-ring (bicyclic) bond motifs is 3. The van der Waals surface area contributed by atoms with Crippen LogP contribution in [0, 0.1) is 0 Å². The van der Waals surface area contributed by atoms with Gasteiger partial charge in [-0.05, 0) is 79.8 Å². The van der Waals surface area contributed by atoms with E-state index in [1.165, 1.54) is 34.9 Å². The molecule has 0 radical (unpaired) electrons. The number of nitrogens with one attached hydrogen (secondary N) is 1. The van der Waals surface area contributed by atoms with Gasteiger partial charge in [0.05, 0.1) is 18.8 Å². The number of likely N-dealkylation sites (tertiary alicyclic amines) is 1. The number of rotatable bonds is 3. The van der Waals surface area contributed by atoms with Crippen LogP contribution in [0.3, 0.4) is 0 Å². The minimum Gasteiger partial charge on any atom is -0.475 e. The van der Waals surface area contributed by atoms with Crippen molar-refractivity contribution in [3.63, 3.8) is 0 Å². The van der Waals surface area contributed by atoms with Gasteiger partial charge in [-0.2, -0.15) is 5.10 Å². The van der Waals surface area contributed by atoms with E-state index in [2.05, 4.69) is 32.7 Å². The van der Waals surface area contributed by atoms with Crippen LogP contribution in [0.15, 0.2) is 21.5 Å². The second-order valence-corrected chi connectivity index (χ2v) is 11.5. The van der Waals surface area contributed by atoms with Crippen molar-refractivity contribution in [2.75, 3.05) is 25.0 Å². The van der Waals surface area contributed by atoms with Gasteiger partial charge >= 0.3 is 6.03 Å². The maximum Gasteiger partial charge on any atom is 0.354 e. The first-order chi connectivity index (χ1) is 15.9. The molecule has 1 saturated heterocycles. The number of aryl methyl sites for hydroxylation is 1. The molecule has 0 bridgehead atoms. The number of carbonyl (C=O) groups excluding carboxylic acids is 1. The van der Waals surface area contributed by atoms with Crippen molar-refractivity contribution in [3.8, 4) is 5.88 Å². The molecule has 9 nitrogen and oxygen atoms in total. The molecule has 33 heavy (non-hydrogen) atoms. The van der Waals surface area contributed by atoms with Gasteiger partial charge in [-0.3, -0.25) is 4.90 Å². The number of hydrogen-bond acceptors (Lipinski definition) is 5. The number of ether oxygens (including phenoxy) is 1. The summed E-state index contributed by atoms with van der Waals surface area (Å²) < 4.78 is 24.8. The topological polar surface area (TPSA) is 115 Å². The number of aromatic nitrogens is 2. The maximum absolute atomic E-state index is 13.3. The van der Waals surface area contributed by atoms with Crippen LogP contribution >= 0.6 is 0 Å². The van der Waals surface area contributed by atoms with Crippen LogP contribution in [0.5, 0.6) is 5.88 Å². The van der Waals surface area contributed by atoms with Crippen LogP contribution in [-0.2, 0) is 35.7 Å². The fourth-order valence-electron chi connectivity index (χ4n) is 5.68. The Morgan fingerprint density at radius 3 is 2.91 bits per heavy atom. The lowest BCUT2D eigenvalue weighted by molar-refractivity contribution is 0.0417. The predicted molar refractivity (Wildman–Crippen MR) is 125 cm³/mol. The van der Waals surface area contributed by atoms with Gasteiger partial charge in [0.15, 0.2) is 9.92 Å². The van der Waals surface area contributed by atoms with E-state index in [0.29, 0.717) is 24.9 Å². The Labute approximate surface area is 194 Å². The molecule has 2 amide bonds. The van der Waals surface area contributed by atoms with Gasteiger partial charge in [-0.15, -0.1) is 4.36 Å². The van der Waals surface area contributed by atoms with E-state index in [1.54, 1.807) is 4.68 Å². The fraction of sp³-hybridized carbons (Fsp3) is 0.565. The number of amides is 2. The highest BCUT2D eigenvalue weighted by atomic mass is 32.2. The van der Waals surface area contributed by atoms with Gasteiger partial charge in [-0.25, -0.2) is 18.8 Å². The summed E-state index contributed by atoms with van der Waals surface area (Å²) in [6.07, 6.45) is 7.68. The summed E-state index contributed by atoms with van der Waals surface area (Å²) in [5, 5.41) is 13.4. The second kappa shape index (κ2) is 7.82. The summed E-state index contributed by atoms with van der Waals surface area (Å²) in [5.41, 5.74) is 5.87. The van der Waals surface area contributed by atoms with E-state index in [-0.39, 0.29) is 10.9 Å². The van der Waals surface area contributed by atoms with Crippen LogP contribution in [0.25, 0.3) is 0 Å². The number of benzene rings is 1. The lowest BCUT2D eigenvalue weighted by Gasteiger charge is -2.40. The standard InChI is InChI=1S/C23H30N6O3S/c1-14-6-7-18-19(14)10-15-4-2-5-17(15)21(18)26-23(30)27-33(24,31)20-11-25-29-12-16(13-32-22(20)29)28-8-3-9-28/h10-11,14,16H,2-9,12-13H2,1H3,(H3,24,26,27,30,31). The number of hydrogen-bond donors (Lipinski definition) is 2. The van der Waals surface area contributed by atoms with Gasteiger partial charge in [0.25, 0.3) is 0 Å². The largest absolute Gasteiger partial charge is 0.475 e. The summed E-state index contributed by atoms with van der Waals surface area (Å²) in [6, 6.07) is 1.88. The summed E-state index contributed by atoms with van der Waals surface area (Å²) in [7, 11) is -3.50. The minimum atomic E-state index is -3.50. The zero-order valence-electron chi connectivity index (χ0n) is 18.9. The van der Waals surface area contributed by atoms with Crippen molar-refractivity contribution >= 4 is 21.6 Å². The van der Waals surface area contributed by atoms with Crippen molar-refractivity contribution in [2.24, 2.45) is 9.50 Å². The minimum absolute atomic E-state index is 0.178.